The second-order valence-electron chi connectivity index (χ2n) is 21.9. The van der Waals surface area contributed by atoms with Gasteiger partial charge in [-0.1, -0.05) is 35.9 Å². The average molecular weight is 1300 g/mol. The Morgan fingerprint density at radius 1 is 0.293 bits per heavy atom. The highest BCUT2D eigenvalue weighted by atomic mass is 16.5. The van der Waals surface area contributed by atoms with E-state index in [1.165, 1.54) is 11.1 Å². The van der Waals surface area contributed by atoms with Gasteiger partial charge in [0.15, 0.2) is 79.9 Å². The van der Waals surface area contributed by atoms with E-state index in [4.69, 9.17) is 81.0 Å². The maximum absolute atomic E-state index is 9.10. The molecule has 10 aromatic rings. The van der Waals surface area contributed by atoms with Crippen LogP contribution in [0.2, 0.25) is 0 Å². The lowest BCUT2D eigenvalue weighted by molar-refractivity contribution is 0.352. The Labute approximate surface area is 565 Å². The minimum atomic E-state index is 0.0222. The molecule has 0 spiro atoms. The quantitative estimate of drug-likeness (QED) is 0.149. The molecule has 5 heterocycles. The molecule has 0 atom stereocenters. The van der Waals surface area contributed by atoms with Crippen LogP contribution in [0.5, 0.6) is 34.5 Å². The SMILES string of the molecule is COc1cc2c(cc1OC)-c1nc(C#N)c(C#N)nc1C2.COc1ccc(OC)c2c1Cc1nc(C#N)c(C#N)nc1-2.COc1ccc2c(c1OC)Cc1nc(C#N)c(C#N)nc1-2.Cc1ccc2c(c1)-c1nc(C#N)c(C#N)nc1C2.Cc1cccc2c1Cc1nc(C#N)c(C#N)nc1-2. The Hall–Kier alpha value is -14.8. The molecule has 0 saturated carbocycles. The zero-order valence-electron chi connectivity index (χ0n) is 53.9. The summed E-state index contributed by atoms with van der Waals surface area (Å²) in [6.07, 6.45) is 2.92. The zero-order chi connectivity index (χ0) is 70.3. The number of benzene rings is 5. The van der Waals surface area contributed by atoms with Crippen LogP contribution in [0.4, 0.5) is 0 Å². The number of nitriles is 10. The van der Waals surface area contributed by atoms with Crippen LogP contribution in [0.25, 0.3) is 56.3 Å². The van der Waals surface area contributed by atoms with Gasteiger partial charge in [0.1, 0.15) is 72.2 Å². The number of aromatic nitrogens is 10. The minimum absolute atomic E-state index is 0.0222. The molecule has 0 saturated heterocycles. The number of aryl methyl sites for hydroxylation is 2. The van der Waals surface area contributed by atoms with E-state index < -0.39 is 0 Å². The second kappa shape index (κ2) is 27.8. The van der Waals surface area contributed by atoms with Crippen molar-refractivity contribution in [2.45, 2.75) is 46.0 Å². The summed E-state index contributed by atoms with van der Waals surface area (Å²) in [5.41, 5.74) is 19.6. The lowest BCUT2D eigenvalue weighted by Crippen LogP contribution is -1.99. The van der Waals surface area contributed by atoms with E-state index in [1.807, 2.05) is 135 Å². The van der Waals surface area contributed by atoms with Gasteiger partial charge in [-0.3, -0.25) is 0 Å². The normalized spacial score (nSPS) is 11.1. The molecule has 0 N–H and O–H groups in total. The molecule has 5 aliphatic rings. The van der Waals surface area contributed by atoms with Crippen molar-refractivity contribution in [2.24, 2.45) is 0 Å². The van der Waals surface area contributed by atoms with Crippen LogP contribution in [-0.2, 0) is 32.1 Å². The van der Waals surface area contributed by atoms with E-state index in [1.54, 1.807) is 54.8 Å². The molecule has 0 aliphatic heterocycles. The summed E-state index contributed by atoms with van der Waals surface area (Å²) in [4.78, 5) is 42.6. The smallest absolute Gasteiger partial charge is 0.177 e. The van der Waals surface area contributed by atoms with Gasteiger partial charge in [-0.25, -0.2) is 49.8 Å². The summed E-state index contributed by atoms with van der Waals surface area (Å²) in [6, 6.07) is 42.2. The predicted molar refractivity (Wildman–Crippen MR) is 347 cm³/mol. The molecule has 26 nitrogen and oxygen atoms in total. The highest BCUT2D eigenvalue weighted by molar-refractivity contribution is 5.82. The van der Waals surface area contributed by atoms with Crippen LogP contribution in [0.1, 0.15) is 124 Å². The Morgan fingerprint density at radius 2 is 0.657 bits per heavy atom. The first kappa shape index (κ1) is 65.7. The molecule has 15 rings (SSSR count). The molecule has 5 aromatic carbocycles. The van der Waals surface area contributed by atoms with Gasteiger partial charge in [0.05, 0.1) is 105 Å². The number of hydrogen-bond donors (Lipinski definition) is 0. The zero-order valence-corrected chi connectivity index (χ0v) is 53.9. The predicted octanol–water partition coefficient (Wildman–Crippen LogP) is 9.62. The van der Waals surface area contributed by atoms with Gasteiger partial charge >= 0.3 is 0 Å². The monoisotopic (exact) mass is 1300 g/mol. The number of methoxy groups -OCH3 is 6. The Kier molecular flexibility index (Phi) is 18.4. The Balaban J connectivity index is 0.000000125. The van der Waals surface area contributed by atoms with E-state index in [9.17, 15) is 0 Å². The van der Waals surface area contributed by atoms with Gasteiger partial charge in [0.2, 0.25) is 0 Å². The standard InChI is InChI=1S/3C15H10N4O2.2C14H8N4/c1-20-13-4-8-3-10-15(9(8)5-14(13)21-2)19-12(7-17)11(6-16)18-10;1-20-12-3-4-13(21-2)14-8(12)5-9-15(14)19-11(7-17)10(6-16)18-9;1-20-13-4-3-8-9(15(13)21-2)5-10-14(8)19-12(7-17)11(6-16)18-10;1-8-2-3-9-5-11-14(10(9)4-8)18-13(7-16)12(6-15)17-11;1-8-3-2-4-9-10(8)5-11-14(9)18-13(7-16)12(6-15)17-11/h4-5H,3H2,1-2H3;2*3-4H,5H2,1-2H3;2*2-4H,5H2,1H3. The van der Waals surface area contributed by atoms with Crippen molar-refractivity contribution in [2.75, 3.05) is 42.7 Å². The average Bonchev–Trinajstić information content (AvgIpc) is 1.64. The number of hydrogen-bond acceptors (Lipinski definition) is 26. The summed E-state index contributed by atoms with van der Waals surface area (Å²) in [6.45, 7) is 4.06. The first-order chi connectivity index (χ1) is 48.1. The summed E-state index contributed by atoms with van der Waals surface area (Å²) >= 11 is 0. The Morgan fingerprint density at radius 3 is 1.12 bits per heavy atom. The van der Waals surface area contributed by atoms with E-state index >= 15 is 0 Å². The first-order valence-electron chi connectivity index (χ1n) is 29.6. The van der Waals surface area contributed by atoms with Crippen LogP contribution in [0.15, 0.2) is 72.8 Å². The highest BCUT2D eigenvalue weighted by Crippen LogP contribution is 2.47. The first-order valence-corrected chi connectivity index (χ1v) is 29.6. The highest BCUT2D eigenvalue weighted by Gasteiger charge is 2.33. The third-order valence-electron chi connectivity index (χ3n) is 16.5. The molecule has 0 fully saturated rings. The van der Waals surface area contributed by atoms with Crippen molar-refractivity contribution in [3.05, 3.63) is 197 Å². The molecule has 0 bridgehead atoms. The van der Waals surface area contributed by atoms with E-state index in [-0.39, 0.29) is 56.9 Å². The molecule has 26 heteroatoms. The van der Waals surface area contributed by atoms with Crippen molar-refractivity contribution < 1.29 is 28.4 Å². The van der Waals surface area contributed by atoms with Gasteiger partial charge < -0.3 is 28.4 Å². The number of rotatable bonds is 6. The number of ether oxygens (including phenoxy) is 6. The van der Waals surface area contributed by atoms with E-state index in [2.05, 4.69) is 49.8 Å². The third kappa shape index (κ3) is 12.0. The van der Waals surface area contributed by atoms with Crippen LogP contribution in [-0.4, -0.2) is 92.5 Å². The summed E-state index contributed by atoms with van der Waals surface area (Å²) in [5.74, 6) is 3.84. The van der Waals surface area contributed by atoms with Gasteiger partial charge in [-0.2, -0.15) is 52.6 Å². The van der Waals surface area contributed by atoms with Crippen LogP contribution in [0, 0.1) is 127 Å². The second-order valence-corrected chi connectivity index (χ2v) is 21.9. The lowest BCUT2D eigenvalue weighted by Gasteiger charge is -2.11. The summed E-state index contributed by atoms with van der Waals surface area (Å²) in [5, 5.41) is 90.2. The molecule has 5 aliphatic carbocycles. The topological polar surface area (TPSA) is 422 Å². The maximum Gasteiger partial charge on any atom is 0.177 e. The maximum atomic E-state index is 9.10. The number of nitrogens with zero attached hydrogens (tertiary/aromatic N) is 20. The number of fused-ring (bicyclic) bond motifs is 15. The molecule has 0 radical (unpaired) electrons. The summed E-state index contributed by atoms with van der Waals surface area (Å²) in [7, 11) is 9.44. The molecular weight excluding hydrogens is 1250 g/mol. The molecule has 99 heavy (non-hydrogen) atoms. The largest absolute Gasteiger partial charge is 0.496 e. The Bertz CT molecular complexity index is 5530. The van der Waals surface area contributed by atoms with Gasteiger partial charge in [0.25, 0.3) is 0 Å². The van der Waals surface area contributed by atoms with Crippen LogP contribution < -0.4 is 28.4 Å². The van der Waals surface area contributed by atoms with Crippen molar-refractivity contribution in [3.8, 4) is 151 Å². The fourth-order valence-corrected chi connectivity index (χ4v) is 12.0. The van der Waals surface area contributed by atoms with Crippen molar-refractivity contribution in [1.29, 1.82) is 52.6 Å². The van der Waals surface area contributed by atoms with Gasteiger partial charge in [-0.05, 0) is 78.6 Å². The molecule has 474 valence electrons. The van der Waals surface area contributed by atoms with Crippen LogP contribution >= 0.6 is 0 Å². The van der Waals surface area contributed by atoms with Crippen molar-refractivity contribution >= 4 is 0 Å². The van der Waals surface area contributed by atoms with Crippen molar-refractivity contribution in [1.82, 2.24) is 49.8 Å². The lowest BCUT2D eigenvalue weighted by atomic mass is 10.0. The van der Waals surface area contributed by atoms with Crippen molar-refractivity contribution in [3.63, 3.8) is 0 Å². The molecule has 0 amide bonds. The third-order valence-corrected chi connectivity index (χ3v) is 16.5. The fraction of sp³-hybridized carbons (Fsp3) is 0.178. The van der Waals surface area contributed by atoms with Crippen LogP contribution in [0.3, 0.4) is 0 Å². The van der Waals surface area contributed by atoms with E-state index in [0.717, 1.165) is 78.4 Å². The molecule has 5 aromatic heterocycles. The molecule has 0 unspecified atom stereocenters. The molecular formula is C73H46N20O6. The minimum Gasteiger partial charge on any atom is -0.496 e. The summed E-state index contributed by atoms with van der Waals surface area (Å²) < 4.78 is 32.0. The van der Waals surface area contributed by atoms with Gasteiger partial charge in [-0.15, -0.1) is 0 Å². The fourth-order valence-electron chi connectivity index (χ4n) is 12.0. The van der Waals surface area contributed by atoms with Gasteiger partial charge in [0, 0.05) is 65.5 Å². The van der Waals surface area contributed by atoms with E-state index in [0.29, 0.717) is 101 Å².